The normalized spacial score (nSPS) is 15.5. The van der Waals surface area contributed by atoms with Gasteiger partial charge in [0.2, 0.25) is 0 Å². The van der Waals surface area contributed by atoms with E-state index in [-0.39, 0.29) is 0 Å². The molecule has 98 valence electrons. The fourth-order valence-electron chi connectivity index (χ4n) is 2.73. The van der Waals surface area contributed by atoms with E-state index < -0.39 is 0 Å². The van der Waals surface area contributed by atoms with Crippen molar-refractivity contribution in [3.05, 3.63) is 65.2 Å². The molecule has 2 aromatic rings. The van der Waals surface area contributed by atoms with E-state index in [1.165, 1.54) is 22.4 Å². The Morgan fingerprint density at radius 1 is 0.947 bits per heavy atom. The number of anilines is 1. The number of rotatable bonds is 1. The zero-order valence-corrected chi connectivity index (χ0v) is 11.4. The largest absolute Gasteiger partial charge is 0.366 e. The summed E-state index contributed by atoms with van der Waals surface area (Å²) in [6.45, 7) is 6.26. The summed E-state index contributed by atoms with van der Waals surface area (Å²) >= 11 is 0. The molecule has 0 aromatic heterocycles. The van der Waals surface area contributed by atoms with Crippen LogP contribution in [-0.2, 0) is 13.1 Å². The summed E-state index contributed by atoms with van der Waals surface area (Å²) in [4.78, 5) is 2.47. The number of hydrogen-bond acceptors (Lipinski definition) is 2. The second kappa shape index (κ2) is 5.45. The Hall–Kier alpha value is -1.80. The third-order valence-corrected chi connectivity index (χ3v) is 3.81. The smallest absolute Gasteiger partial charge is 0.0433 e. The molecule has 2 aromatic carbocycles. The van der Waals surface area contributed by atoms with E-state index in [9.17, 15) is 0 Å². The van der Waals surface area contributed by atoms with Crippen LogP contribution in [0.25, 0.3) is 0 Å². The highest BCUT2D eigenvalue weighted by molar-refractivity contribution is 5.53. The molecule has 0 saturated heterocycles. The number of hydrogen-bond donors (Lipinski definition) is 1. The van der Waals surface area contributed by atoms with E-state index in [1.807, 2.05) is 0 Å². The average molecular weight is 252 g/mol. The fraction of sp³-hybridized carbons (Fsp3) is 0.294. The molecule has 0 atom stereocenters. The predicted molar refractivity (Wildman–Crippen MR) is 80.4 cm³/mol. The second-order valence-electron chi connectivity index (χ2n) is 5.15. The molecule has 0 amide bonds. The van der Waals surface area contributed by atoms with Crippen LogP contribution in [0.2, 0.25) is 0 Å². The molecule has 0 radical (unpaired) electrons. The second-order valence-corrected chi connectivity index (χ2v) is 5.15. The van der Waals surface area contributed by atoms with Crippen molar-refractivity contribution in [1.82, 2.24) is 5.32 Å². The molecule has 19 heavy (non-hydrogen) atoms. The first kappa shape index (κ1) is 12.2. The van der Waals surface area contributed by atoms with Gasteiger partial charge < -0.3 is 10.2 Å². The van der Waals surface area contributed by atoms with Gasteiger partial charge in [-0.3, -0.25) is 0 Å². The molecule has 0 bridgehead atoms. The lowest BCUT2D eigenvalue weighted by atomic mass is 10.0. The van der Waals surface area contributed by atoms with Crippen molar-refractivity contribution in [3.63, 3.8) is 0 Å². The average Bonchev–Trinajstić information content (AvgIpc) is 2.41. The Kier molecular flexibility index (Phi) is 3.51. The van der Waals surface area contributed by atoms with Crippen LogP contribution in [0, 0.1) is 6.92 Å². The van der Waals surface area contributed by atoms with Gasteiger partial charge >= 0.3 is 0 Å². The van der Waals surface area contributed by atoms with E-state index in [4.69, 9.17) is 0 Å². The molecule has 1 aliphatic heterocycles. The molecule has 0 aliphatic carbocycles. The number of nitrogens with one attached hydrogen (secondary N) is 1. The van der Waals surface area contributed by atoms with Gasteiger partial charge in [-0.1, -0.05) is 42.5 Å². The number of nitrogens with zero attached hydrogens (tertiary/aromatic N) is 1. The van der Waals surface area contributed by atoms with Gasteiger partial charge in [-0.15, -0.1) is 0 Å². The number of aryl methyl sites for hydroxylation is 1. The van der Waals surface area contributed by atoms with Crippen LogP contribution in [0.1, 0.15) is 16.7 Å². The highest BCUT2D eigenvalue weighted by atomic mass is 15.1. The van der Waals surface area contributed by atoms with Crippen LogP contribution >= 0.6 is 0 Å². The lowest BCUT2D eigenvalue weighted by molar-refractivity contribution is 0.630. The van der Waals surface area contributed by atoms with E-state index in [1.54, 1.807) is 0 Å². The van der Waals surface area contributed by atoms with E-state index in [2.05, 4.69) is 65.7 Å². The fourth-order valence-corrected chi connectivity index (χ4v) is 2.73. The van der Waals surface area contributed by atoms with Gasteiger partial charge in [0.05, 0.1) is 0 Å². The van der Waals surface area contributed by atoms with Crippen LogP contribution in [0.4, 0.5) is 5.69 Å². The minimum absolute atomic E-state index is 0.984. The molecule has 3 rings (SSSR count). The van der Waals surface area contributed by atoms with Crippen molar-refractivity contribution in [1.29, 1.82) is 0 Å². The summed E-state index contributed by atoms with van der Waals surface area (Å²) in [5.74, 6) is 0. The standard InChI is InChI=1S/C17H20N2/c1-14-6-2-5-9-17(14)19-11-10-18-12-15-7-3-4-8-16(15)13-19/h2-9,18H,10-13H2,1H3. The maximum absolute atomic E-state index is 3.52. The van der Waals surface area contributed by atoms with Gasteiger partial charge in [0.15, 0.2) is 0 Å². The Labute approximate surface area is 115 Å². The first-order valence-electron chi connectivity index (χ1n) is 6.92. The van der Waals surface area contributed by atoms with Crippen molar-refractivity contribution in [3.8, 4) is 0 Å². The van der Waals surface area contributed by atoms with Crippen molar-refractivity contribution in [2.75, 3.05) is 18.0 Å². The van der Waals surface area contributed by atoms with Crippen LogP contribution < -0.4 is 10.2 Å². The van der Waals surface area contributed by atoms with E-state index >= 15 is 0 Å². The molecule has 1 N–H and O–H groups in total. The SMILES string of the molecule is Cc1ccccc1N1CCNCc2ccccc2C1. The van der Waals surface area contributed by atoms with Crippen molar-refractivity contribution < 1.29 is 0 Å². The number of benzene rings is 2. The van der Waals surface area contributed by atoms with E-state index in [0.29, 0.717) is 0 Å². The van der Waals surface area contributed by atoms with Crippen molar-refractivity contribution in [2.45, 2.75) is 20.0 Å². The molecule has 0 fully saturated rings. The minimum atomic E-state index is 0.984. The Balaban J connectivity index is 1.94. The van der Waals surface area contributed by atoms with Gasteiger partial charge in [0, 0.05) is 31.9 Å². The zero-order valence-electron chi connectivity index (χ0n) is 11.4. The molecule has 2 nitrogen and oxygen atoms in total. The molecular weight excluding hydrogens is 232 g/mol. The number of para-hydroxylation sites is 1. The third kappa shape index (κ3) is 2.64. The summed E-state index contributed by atoms with van der Waals surface area (Å²) in [5.41, 5.74) is 5.54. The quantitative estimate of drug-likeness (QED) is 0.839. The Morgan fingerprint density at radius 3 is 2.53 bits per heavy atom. The Morgan fingerprint density at radius 2 is 1.68 bits per heavy atom. The zero-order chi connectivity index (χ0) is 13.1. The topological polar surface area (TPSA) is 15.3 Å². The van der Waals surface area contributed by atoms with Crippen molar-refractivity contribution >= 4 is 5.69 Å². The minimum Gasteiger partial charge on any atom is -0.366 e. The summed E-state index contributed by atoms with van der Waals surface area (Å²) in [6, 6.07) is 17.4. The van der Waals surface area contributed by atoms with Crippen LogP contribution in [0.5, 0.6) is 0 Å². The highest BCUT2D eigenvalue weighted by Crippen LogP contribution is 2.23. The number of fused-ring (bicyclic) bond motifs is 1. The monoisotopic (exact) mass is 252 g/mol. The molecule has 0 unspecified atom stereocenters. The maximum Gasteiger partial charge on any atom is 0.0433 e. The van der Waals surface area contributed by atoms with Gasteiger partial charge in [-0.2, -0.15) is 0 Å². The summed E-state index contributed by atoms with van der Waals surface area (Å²) < 4.78 is 0. The summed E-state index contributed by atoms with van der Waals surface area (Å²) in [7, 11) is 0. The molecule has 1 heterocycles. The molecule has 1 aliphatic rings. The van der Waals surface area contributed by atoms with Gasteiger partial charge in [-0.25, -0.2) is 0 Å². The predicted octanol–water partition coefficient (Wildman–Crippen LogP) is 3.10. The van der Waals surface area contributed by atoms with Gasteiger partial charge in [0.25, 0.3) is 0 Å². The van der Waals surface area contributed by atoms with Crippen LogP contribution in [0.3, 0.4) is 0 Å². The third-order valence-electron chi connectivity index (χ3n) is 3.81. The van der Waals surface area contributed by atoms with Crippen molar-refractivity contribution in [2.24, 2.45) is 0 Å². The first-order chi connectivity index (χ1) is 9.34. The lowest BCUT2D eigenvalue weighted by Gasteiger charge is -2.29. The highest BCUT2D eigenvalue weighted by Gasteiger charge is 2.13. The summed E-state index contributed by atoms with van der Waals surface area (Å²) in [6.07, 6.45) is 0. The molecule has 0 saturated carbocycles. The maximum atomic E-state index is 3.52. The van der Waals surface area contributed by atoms with Gasteiger partial charge in [0.1, 0.15) is 0 Å². The molecular formula is C17H20N2. The van der Waals surface area contributed by atoms with Gasteiger partial charge in [-0.05, 0) is 29.7 Å². The van der Waals surface area contributed by atoms with Crippen LogP contribution in [-0.4, -0.2) is 13.1 Å². The summed E-state index contributed by atoms with van der Waals surface area (Å²) in [5, 5.41) is 3.52. The Bertz CT molecular complexity index is 563. The van der Waals surface area contributed by atoms with Crippen LogP contribution in [0.15, 0.2) is 48.5 Å². The lowest BCUT2D eigenvalue weighted by Crippen LogP contribution is -2.35. The van der Waals surface area contributed by atoms with E-state index in [0.717, 1.165) is 26.2 Å². The first-order valence-corrected chi connectivity index (χ1v) is 6.92. The molecule has 2 heteroatoms. The molecule has 0 spiro atoms.